The molecule has 8 heteroatoms. The van der Waals surface area contributed by atoms with Gasteiger partial charge in [0.1, 0.15) is 0 Å². The number of nitrogens with one attached hydrogen (secondary N) is 2. The standard InChI is InChI=1S/C12H21N3O5/c1-2-13-10(16)3-4-14-12(19)15-5-6-20-8-9(15)7-11(17)18/h9H,2-8H2,1H3,(H,13,16)(H,14,19)(H,17,18). The fourth-order valence-electron chi connectivity index (χ4n) is 1.96. The van der Waals surface area contributed by atoms with Crippen LogP contribution in [0.1, 0.15) is 19.8 Å². The third-order valence-electron chi connectivity index (χ3n) is 2.90. The number of carboxylic acid groups (broad SMARTS) is 1. The second-order valence-electron chi connectivity index (χ2n) is 4.46. The first-order valence-corrected chi connectivity index (χ1v) is 6.65. The normalized spacial score (nSPS) is 18.4. The third-order valence-corrected chi connectivity index (χ3v) is 2.90. The molecule has 1 fully saturated rings. The van der Waals surface area contributed by atoms with Crippen LogP contribution < -0.4 is 10.6 Å². The fourth-order valence-corrected chi connectivity index (χ4v) is 1.96. The van der Waals surface area contributed by atoms with Gasteiger partial charge in [-0.3, -0.25) is 9.59 Å². The minimum atomic E-state index is -0.972. The van der Waals surface area contributed by atoms with Crippen LogP contribution in [0.5, 0.6) is 0 Å². The maximum absolute atomic E-state index is 12.0. The summed E-state index contributed by atoms with van der Waals surface area (Å²) in [6.07, 6.45) is 0.0528. The second kappa shape index (κ2) is 8.36. The quantitative estimate of drug-likeness (QED) is 0.604. The van der Waals surface area contributed by atoms with Crippen molar-refractivity contribution in [1.82, 2.24) is 15.5 Å². The van der Waals surface area contributed by atoms with Crippen LogP contribution in [0.3, 0.4) is 0 Å². The highest BCUT2D eigenvalue weighted by molar-refractivity contribution is 5.78. The lowest BCUT2D eigenvalue weighted by Crippen LogP contribution is -2.53. The minimum Gasteiger partial charge on any atom is -0.481 e. The van der Waals surface area contributed by atoms with Crippen molar-refractivity contribution in [3.63, 3.8) is 0 Å². The summed E-state index contributed by atoms with van der Waals surface area (Å²) in [5.74, 6) is -1.10. The van der Waals surface area contributed by atoms with Gasteiger partial charge in [-0.25, -0.2) is 4.79 Å². The molecule has 0 aromatic rings. The van der Waals surface area contributed by atoms with Gasteiger partial charge in [0.2, 0.25) is 5.91 Å². The van der Waals surface area contributed by atoms with E-state index in [1.54, 1.807) is 0 Å². The predicted octanol–water partition coefficient (Wildman–Crippen LogP) is -0.602. The van der Waals surface area contributed by atoms with E-state index in [0.29, 0.717) is 19.7 Å². The zero-order chi connectivity index (χ0) is 15.0. The molecule has 0 spiro atoms. The average molecular weight is 287 g/mol. The summed E-state index contributed by atoms with van der Waals surface area (Å²) < 4.78 is 5.19. The van der Waals surface area contributed by atoms with Crippen LogP contribution in [0.15, 0.2) is 0 Å². The number of aliphatic carboxylic acids is 1. The Morgan fingerprint density at radius 2 is 2.10 bits per heavy atom. The van der Waals surface area contributed by atoms with Gasteiger partial charge < -0.3 is 25.4 Å². The van der Waals surface area contributed by atoms with E-state index in [9.17, 15) is 14.4 Å². The monoisotopic (exact) mass is 287 g/mol. The van der Waals surface area contributed by atoms with Gasteiger partial charge in [-0.1, -0.05) is 0 Å². The highest BCUT2D eigenvalue weighted by atomic mass is 16.5. The number of carbonyl (C=O) groups excluding carboxylic acids is 2. The molecule has 1 aliphatic heterocycles. The van der Waals surface area contributed by atoms with Crippen molar-refractivity contribution in [3.05, 3.63) is 0 Å². The van der Waals surface area contributed by atoms with Gasteiger partial charge in [-0.2, -0.15) is 0 Å². The predicted molar refractivity (Wildman–Crippen MR) is 70.3 cm³/mol. The van der Waals surface area contributed by atoms with E-state index in [4.69, 9.17) is 9.84 Å². The molecule has 1 rings (SSSR count). The molecule has 0 bridgehead atoms. The molecule has 0 aromatic heterocycles. The van der Waals surface area contributed by atoms with Crippen LogP contribution in [0.4, 0.5) is 4.79 Å². The van der Waals surface area contributed by atoms with Crippen molar-refractivity contribution in [2.75, 3.05) is 32.8 Å². The fraction of sp³-hybridized carbons (Fsp3) is 0.750. The largest absolute Gasteiger partial charge is 0.481 e. The summed E-state index contributed by atoms with van der Waals surface area (Å²) in [7, 11) is 0. The average Bonchev–Trinajstić information content (AvgIpc) is 2.38. The number of urea groups is 1. The van der Waals surface area contributed by atoms with E-state index in [-0.39, 0.29) is 37.9 Å². The lowest BCUT2D eigenvalue weighted by atomic mass is 10.1. The lowest BCUT2D eigenvalue weighted by molar-refractivity contribution is -0.139. The second-order valence-corrected chi connectivity index (χ2v) is 4.46. The van der Waals surface area contributed by atoms with E-state index in [1.807, 2.05) is 6.92 Å². The Kier molecular flexibility index (Phi) is 6.78. The molecule has 114 valence electrons. The summed E-state index contributed by atoms with van der Waals surface area (Å²) in [5, 5.41) is 14.1. The number of ether oxygens (including phenoxy) is 1. The first-order valence-electron chi connectivity index (χ1n) is 6.65. The molecule has 1 heterocycles. The van der Waals surface area contributed by atoms with Crippen molar-refractivity contribution in [3.8, 4) is 0 Å². The molecule has 8 nitrogen and oxygen atoms in total. The van der Waals surface area contributed by atoms with Crippen molar-refractivity contribution >= 4 is 17.9 Å². The van der Waals surface area contributed by atoms with Crippen LogP contribution in [-0.2, 0) is 14.3 Å². The number of amides is 3. The summed E-state index contributed by atoms with van der Waals surface area (Å²) in [6.45, 7) is 3.56. The molecule has 0 saturated carbocycles. The number of morpholine rings is 1. The van der Waals surface area contributed by atoms with Gasteiger partial charge in [-0.05, 0) is 6.92 Å². The van der Waals surface area contributed by atoms with E-state index < -0.39 is 12.0 Å². The summed E-state index contributed by atoms with van der Waals surface area (Å²) in [5.41, 5.74) is 0. The molecule has 1 aliphatic rings. The molecule has 3 amide bonds. The van der Waals surface area contributed by atoms with Crippen LogP contribution in [0.2, 0.25) is 0 Å². The number of carbonyl (C=O) groups is 3. The molecule has 20 heavy (non-hydrogen) atoms. The van der Waals surface area contributed by atoms with Gasteiger partial charge >= 0.3 is 12.0 Å². The first kappa shape index (κ1) is 16.2. The Bertz CT molecular complexity index is 361. The number of carboxylic acids is 1. The molecule has 0 radical (unpaired) electrons. The van der Waals surface area contributed by atoms with E-state index in [1.165, 1.54) is 4.90 Å². The third kappa shape index (κ3) is 5.43. The highest BCUT2D eigenvalue weighted by Crippen LogP contribution is 2.10. The molecule has 1 atom stereocenters. The molecule has 3 N–H and O–H groups in total. The van der Waals surface area contributed by atoms with Crippen molar-refractivity contribution in [2.45, 2.75) is 25.8 Å². The van der Waals surface area contributed by atoms with Gasteiger partial charge in [-0.15, -0.1) is 0 Å². The summed E-state index contributed by atoms with van der Waals surface area (Å²) in [4.78, 5) is 35.4. The smallest absolute Gasteiger partial charge is 0.317 e. The Labute approximate surface area is 117 Å². The molecule has 1 saturated heterocycles. The lowest BCUT2D eigenvalue weighted by Gasteiger charge is -2.34. The number of hydrogen-bond acceptors (Lipinski definition) is 4. The molecular formula is C12H21N3O5. The van der Waals surface area contributed by atoms with Crippen molar-refractivity contribution in [1.29, 1.82) is 0 Å². The summed E-state index contributed by atoms with van der Waals surface area (Å²) in [6, 6.07) is -0.824. The first-order chi connectivity index (χ1) is 9.54. The Hall–Kier alpha value is -1.83. The maximum Gasteiger partial charge on any atom is 0.317 e. The van der Waals surface area contributed by atoms with E-state index in [0.717, 1.165) is 0 Å². The molecule has 0 aromatic carbocycles. The van der Waals surface area contributed by atoms with Crippen LogP contribution in [-0.4, -0.2) is 66.8 Å². The van der Waals surface area contributed by atoms with Crippen LogP contribution >= 0.6 is 0 Å². The van der Waals surface area contributed by atoms with Crippen molar-refractivity contribution in [2.24, 2.45) is 0 Å². The Morgan fingerprint density at radius 3 is 2.75 bits per heavy atom. The van der Waals surface area contributed by atoms with Crippen LogP contribution in [0.25, 0.3) is 0 Å². The molecule has 0 aliphatic carbocycles. The zero-order valence-electron chi connectivity index (χ0n) is 11.6. The van der Waals surface area contributed by atoms with Gasteiger partial charge in [0, 0.05) is 26.1 Å². The zero-order valence-corrected chi connectivity index (χ0v) is 11.6. The topological polar surface area (TPSA) is 108 Å². The SMILES string of the molecule is CCNC(=O)CCNC(=O)N1CCOCC1CC(=O)O. The van der Waals surface area contributed by atoms with Crippen LogP contribution in [0, 0.1) is 0 Å². The minimum absolute atomic E-state index is 0.128. The van der Waals surface area contributed by atoms with Gasteiger partial charge in [0.15, 0.2) is 0 Å². The molecular weight excluding hydrogens is 266 g/mol. The number of nitrogens with zero attached hydrogens (tertiary/aromatic N) is 1. The van der Waals surface area contributed by atoms with E-state index >= 15 is 0 Å². The Morgan fingerprint density at radius 1 is 1.35 bits per heavy atom. The van der Waals surface area contributed by atoms with Gasteiger partial charge in [0.25, 0.3) is 0 Å². The van der Waals surface area contributed by atoms with Crippen molar-refractivity contribution < 1.29 is 24.2 Å². The van der Waals surface area contributed by atoms with Gasteiger partial charge in [0.05, 0.1) is 25.7 Å². The molecule has 1 unspecified atom stereocenters. The Balaban J connectivity index is 2.39. The number of hydrogen-bond donors (Lipinski definition) is 3. The summed E-state index contributed by atoms with van der Waals surface area (Å²) >= 11 is 0. The number of rotatable bonds is 6. The highest BCUT2D eigenvalue weighted by Gasteiger charge is 2.28. The maximum atomic E-state index is 12.0. The van der Waals surface area contributed by atoms with E-state index in [2.05, 4.69) is 10.6 Å².